The van der Waals surface area contributed by atoms with E-state index in [-0.39, 0.29) is 0 Å². The lowest BCUT2D eigenvalue weighted by molar-refractivity contribution is 0.610. The van der Waals surface area contributed by atoms with Crippen molar-refractivity contribution in [3.63, 3.8) is 0 Å². The first-order chi connectivity index (χ1) is 7.34. The highest BCUT2D eigenvalue weighted by molar-refractivity contribution is 6.17. The van der Waals surface area contributed by atoms with Gasteiger partial charge in [0.05, 0.1) is 5.69 Å². The van der Waals surface area contributed by atoms with Gasteiger partial charge in [0.25, 0.3) is 0 Å². The number of aromatic nitrogens is 1. The minimum atomic E-state index is 0.777. The van der Waals surface area contributed by atoms with Crippen LogP contribution >= 0.6 is 11.6 Å². The SMILES string of the molecule is Cc1cccnc1CNCCCCCCl. The molecular formula is C12H19ClN2. The van der Waals surface area contributed by atoms with E-state index in [9.17, 15) is 0 Å². The lowest BCUT2D eigenvalue weighted by atomic mass is 10.2. The molecule has 0 saturated heterocycles. The number of halogens is 1. The number of nitrogens with one attached hydrogen (secondary N) is 1. The predicted molar refractivity (Wildman–Crippen MR) is 65.3 cm³/mol. The second-order valence-electron chi connectivity index (χ2n) is 3.69. The Morgan fingerprint density at radius 2 is 2.20 bits per heavy atom. The number of unbranched alkanes of at least 4 members (excludes halogenated alkanes) is 2. The average molecular weight is 227 g/mol. The molecule has 0 amide bonds. The third kappa shape index (κ3) is 5.14. The Hall–Kier alpha value is -0.600. The average Bonchev–Trinajstić information content (AvgIpc) is 2.25. The molecule has 1 heterocycles. The highest BCUT2D eigenvalue weighted by atomic mass is 35.5. The maximum absolute atomic E-state index is 5.60. The third-order valence-electron chi connectivity index (χ3n) is 2.40. The molecule has 2 nitrogen and oxygen atoms in total. The Balaban J connectivity index is 2.12. The fraction of sp³-hybridized carbons (Fsp3) is 0.583. The van der Waals surface area contributed by atoms with Gasteiger partial charge in [-0.15, -0.1) is 11.6 Å². The van der Waals surface area contributed by atoms with Gasteiger partial charge in [0.2, 0.25) is 0 Å². The molecule has 0 saturated carbocycles. The normalized spacial score (nSPS) is 10.5. The molecule has 0 unspecified atom stereocenters. The van der Waals surface area contributed by atoms with E-state index in [1.165, 1.54) is 18.4 Å². The van der Waals surface area contributed by atoms with E-state index in [0.717, 1.165) is 31.1 Å². The molecule has 15 heavy (non-hydrogen) atoms. The number of pyridine rings is 1. The summed E-state index contributed by atoms with van der Waals surface area (Å²) >= 11 is 5.60. The van der Waals surface area contributed by atoms with Gasteiger partial charge in [0.1, 0.15) is 0 Å². The first-order valence-corrected chi connectivity index (χ1v) is 6.05. The summed E-state index contributed by atoms with van der Waals surface area (Å²) in [5, 5.41) is 3.40. The maximum Gasteiger partial charge on any atom is 0.0570 e. The van der Waals surface area contributed by atoms with E-state index in [1.807, 2.05) is 12.3 Å². The molecule has 0 atom stereocenters. The third-order valence-corrected chi connectivity index (χ3v) is 2.66. The smallest absolute Gasteiger partial charge is 0.0570 e. The number of nitrogens with zero attached hydrogens (tertiary/aromatic N) is 1. The van der Waals surface area contributed by atoms with Crippen LogP contribution in [0.1, 0.15) is 30.5 Å². The molecule has 3 heteroatoms. The summed E-state index contributed by atoms with van der Waals surface area (Å²) in [4.78, 5) is 4.33. The molecule has 0 aliphatic rings. The van der Waals surface area contributed by atoms with Gasteiger partial charge in [0.15, 0.2) is 0 Å². The summed E-state index contributed by atoms with van der Waals surface area (Å²) in [5.74, 6) is 0.777. The summed E-state index contributed by atoms with van der Waals surface area (Å²) in [6.45, 7) is 4.01. The zero-order chi connectivity index (χ0) is 10.9. The van der Waals surface area contributed by atoms with Crippen LogP contribution in [-0.2, 0) is 6.54 Å². The summed E-state index contributed by atoms with van der Waals surface area (Å²) in [6.07, 6.45) is 5.36. The number of aryl methyl sites for hydroxylation is 1. The van der Waals surface area contributed by atoms with Crippen molar-refractivity contribution in [2.24, 2.45) is 0 Å². The van der Waals surface area contributed by atoms with Crippen LogP contribution in [-0.4, -0.2) is 17.4 Å². The maximum atomic E-state index is 5.60. The van der Waals surface area contributed by atoms with E-state index in [0.29, 0.717) is 0 Å². The number of rotatable bonds is 7. The van der Waals surface area contributed by atoms with E-state index < -0.39 is 0 Å². The Bertz CT molecular complexity index is 276. The minimum Gasteiger partial charge on any atom is -0.311 e. The Kier molecular flexibility index (Phi) is 6.37. The van der Waals surface area contributed by atoms with Gasteiger partial charge >= 0.3 is 0 Å². The minimum absolute atomic E-state index is 0.777. The molecule has 1 N–H and O–H groups in total. The quantitative estimate of drug-likeness (QED) is 0.571. The van der Waals surface area contributed by atoms with Crippen molar-refractivity contribution in [1.82, 2.24) is 10.3 Å². The Morgan fingerprint density at radius 1 is 1.33 bits per heavy atom. The van der Waals surface area contributed by atoms with Crippen molar-refractivity contribution >= 4 is 11.6 Å². The van der Waals surface area contributed by atoms with Crippen molar-refractivity contribution in [2.75, 3.05) is 12.4 Å². The number of hydrogen-bond acceptors (Lipinski definition) is 2. The molecule has 0 aromatic carbocycles. The van der Waals surface area contributed by atoms with E-state index in [2.05, 4.69) is 23.3 Å². The second-order valence-corrected chi connectivity index (χ2v) is 4.07. The molecule has 0 aliphatic carbocycles. The van der Waals surface area contributed by atoms with E-state index >= 15 is 0 Å². The molecule has 84 valence electrons. The first kappa shape index (κ1) is 12.5. The largest absolute Gasteiger partial charge is 0.311 e. The van der Waals surface area contributed by atoms with Crippen LogP contribution in [0.2, 0.25) is 0 Å². The lowest BCUT2D eigenvalue weighted by Gasteiger charge is -2.06. The second kappa shape index (κ2) is 7.66. The van der Waals surface area contributed by atoms with Gasteiger partial charge < -0.3 is 5.32 Å². The molecule has 0 fully saturated rings. The highest BCUT2D eigenvalue weighted by Gasteiger charge is 1.97. The van der Waals surface area contributed by atoms with Crippen LogP contribution in [0, 0.1) is 6.92 Å². The standard InChI is InChI=1S/C12H19ClN2/c1-11-6-5-9-15-12(11)10-14-8-4-2-3-7-13/h5-6,9,14H,2-4,7-8,10H2,1H3. The van der Waals surface area contributed by atoms with E-state index in [1.54, 1.807) is 0 Å². The van der Waals surface area contributed by atoms with Crippen LogP contribution in [0.25, 0.3) is 0 Å². The van der Waals surface area contributed by atoms with Crippen LogP contribution in [0.3, 0.4) is 0 Å². The van der Waals surface area contributed by atoms with Gasteiger partial charge in [-0.05, 0) is 37.9 Å². The Morgan fingerprint density at radius 3 is 2.93 bits per heavy atom. The van der Waals surface area contributed by atoms with Gasteiger partial charge in [-0.1, -0.05) is 12.5 Å². The van der Waals surface area contributed by atoms with Gasteiger partial charge in [-0.2, -0.15) is 0 Å². The first-order valence-electron chi connectivity index (χ1n) is 5.52. The lowest BCUT2D eigenvalue weighted by Crippen LogP contribution is -2.16. The van der Waals surface area contributed by atoms with Crippen LogP contribution in [0.4, 0.5) is 0 Å². The summed E-state index contributed by atoms with van der Waals surface area (Å²) in [7, 11) is 0. The zero-order valence-electron chi connectivity index (χ0n) is 9.30. The van der Waals surface area contributed by atoms with Crippen molar-refractivity contribution in [3.05, 3.63) is 29.6 Å². The number of hydrogen-bond donors (Lipinski definition) is 1. The van der Waals surface area contributed by atoms with Crippen molar-refractivity contribution in [2.45, 2.75) is 32.7 Å². The van der Waals surface area contributed by atoms with Gasteiger partial charge in [-0.25, -0.2) is 0 Å². The fourth-order valence-corrected chi connectivity index (χ4v) is 1.62. The summed E-state index contributed by atoms with van der Waals surface area (Å²) < 4.78 is 0. The topological polar surface area (TPSA) is 24.9 Å². The molecule has 0 spiro atoms. The molecule has 0 aliphatic heterocycles. The fourth-order valence-electron chi connectivity index (χ4n) is 1.43. The van der Waals surface area contributed by atoms with Gasteiger partial charge in [0, 0.05) is 18.6 Å². The summed E-state index contributed by atoms with van der Waals surface area (Å²) in [6, 6.07) is 4.07. The molecule has 1 aromatic heterocycles. The molecule has 1 aromatic rings. The Labute approximate surface area is 97.1 Å². The summed E-state index contributed by atoms with van der Waals surface area (Å²) in [5.41, 5.74) is 2.40. The highest BCUT2D eigenvalue weighted by Crippen LogP contribution is 2.02. The monoisotopic (exact) mass is 226 g/mol. The molecule has 0 bridgehead atoms. The van der Waals surface area contributed by atoms with Crippen molar-refractivity contribution in [3.8, 4) is 0 Å². The molecule has 0 radical (unpaired) electrons. The van der Waals surface area contributed by atoms with Gasteiger partial charge in [-0.3, -0.25) is 4.98 Å². The number of alkyl halides is 1. The van der Waals surface area contributed by atoms with Crippen LogP contribution < -0.4 is 5.32 Å². The van der Waals surface area contributed by atoms with E-state index in [4.69, 9.17) is 11.6 Å². The van der Waals surface area contributed by atoms with Crippen molar-refractivity contribution < 1.29 is 0 Å². The molecule has 1 rings (SSSR count). The van der Waals surface area contributed by atoms with Crippen molar-refractivity contribution in [1.29, 1.82) is 0 Å². The predicted octanol–water partition coefficient (Wildman–Crippen LogP) is 2.89. The zero-order valence-corrected chi connectivity index (χ0v) is 10.1. The molecular weight excluding hydrogens is 208 g/mol. The van der Waals surface area contributed by atoms with Crippen LogP contribution in [0.5, 0.6) is 0 Å². The van der Waals surface area contributed by atoms with Crippen LogP contribution in [0.15, 0.2) is 18.3 Å².